The van der Waals surface area contributed by atoms with E-state index in [9.17, 15) is 9.59 Å². The van der Waals surface area contributed by atoms with Gasteiger partial charge in [-0.1, -0.05) is 41.4 Å². The Labute approximate surface area is 156 Å². The zero-order chi connectivity index (χ0) is 18.2. The van der Waals surface area contributed by atoms with Crippen molar-refractivity contribution in [2.45, 2.75) is 20.3 Å². The fourth-order valence-electron chi connectivity index (χ4n) is 2.90. The van der Waals surface area contributed by atoms with Crippen LogP contribution >= 0.6 is 23.2 Å². The van der Waals surface area contributed by atoms with Crippen molar-refractivity contribution in [3.63, 3.8) is 0 Å². The smallest absolute Gasteiger partial charge is 0.242 e. The predicted molar refractivity (Wildman–Crippen MR) is 101 cm³/mol. The molecular formula is C19H18Cl2N2O2. The number of carbonyl (C=O) groups excluding carboxylic acids is 2. The third-order valence-corrected chi connectivity index (χ3v) is 4.79. The van der Waals surface area contributed by atoms with E-state index in [0.29, 0.717) is 22.3 Å². The molecular weight excluding hydrogens is 359 g/mol. The lowest BCUT2D eigenvalue weighted by atomic mass is 9.90. The first-order chi connectivity index (χ1) is 11.8. The molecule has 4 nitrogen and oxygen atoms in total. The molecule has 2 aromatic carbocycles. The van der Waals surface area contributed by atoms with Crippen LogP contribution in [-0.2, 0) is 16.0 Å². The highest BCUT2D eigenvalue weighted by molar-refractivity contribution is 6.35. The number of hydrogen-bond acceptors (Lipinski definition) is 2. The Hall–Kier alpha value is -2.04. The summed E-state index contributed by atoms with van der Waals surface area (Å²) in [5.74, 6) is -0.636. The molecule has 6 heteroatoms. The van der Waals surface area contributed by atoms with E-state index in [1.165, 1.54) is 0 Å². The van der Waals surface area contributed by atoms with Gasteiger partial charge in [-0.3, -0.25) is 9.59 Å². The topological polar surface area (TPSA) is 49.4 Å². The lowest BCUT2D eigenvalue weighted by molar-refractivity contribution is -0.136. The number of amides is 2. The molecule has 3 rings (SSSR count). The minimum atomic E-state index is -1.23. The first-order valence-electron chi connectivity index (χ1n) is 7.96. The molecule has 0 saturated carbocycles. The number of fused-ring (bicyclic) bond motifs is 1. The second-order valence-electron chi connectivity index (χ2n) is 6.57. The van der Waals surface area contributed by atoms with Gasteiger partial charge in [-0.05, 0) is 50.1 Å². The number of nitrogens with zero attached hydrogens (tertiary/aromatic N) is 1. The van der Waals surface area contributed by atoms with Gasteiger partial charge >= 0.3 is 0 Å². The highest BCUT2D eigenvalue weighted by Crippen LogP contribution is 2.33. The minimum Gasteiger partial charge on any atom is -0.325 e. The number of anilines is 2. The molecule has 130 valence electrons. The summed E-state index contributed by atoms with van der Waals surface area (Å²) in [5, 5.41) is 3.57. The Morgan fingerprint density at radius 3 is 2.40 bits per heavy atom. The molecule has 0 aliphatic carbocycles. The molecule has 0 unspecified atom stereocenters. The van der Waals surface area contributed by atoms with Crippen molar-refractivity contribution in [1.82, 2.24) is 0 Å². The maximum atomic E-state index is 13.0. The van der Waals surface area contributed by atoms with Crippen LogP contribution in [0, 0.1) is 5.41 Å². The maximum absolute atomic E-state index is 13.0. The Kier molecular flexibility index (Phi) is 4.76. The summed E-state index contributed by atoms with van der Waals surface area (Å²) in [6, 6.07) is 12.5. The molecule has 0 saturated heterocycles. The van der Waals surface area contributed by atoms with Crippen molar-refractivity contribution in [2.75, 3.05) is 16.8 Å². The fourth-order valence-corrected chi connectivity index (χ4v) is 3.42. The third-order valence-electron chi connectivity index (χ3n) is 4.36. The van der Waals surface area contributed by atoms with E-state index in [2.05, 4.69) is 5.32 Å². The van der Waals surface area contributed by atoms with Crippen LogP contribution in [0.4, 0.5) is 11.4 Å². The fraction of sp³-hybridized carbons (Fsp3) is 0.263. The van der Waals surface area contributed by atoms with Crippen molar-refractivity contribution in [1.29, 1.82) is 0 Å². The molecule has 1 heterocycles. The van der Waals surface area contributed by atoms with Crippen molar-refractivity contribution >= 4 is 46.4 Å². The summed E-state index contributed by atoms with van der Waals surface area (Å²) < 4.78 is 0. The van der Waals surface area contributed by atoms with E-state index in [1.807, 2.05) is 24.3 Å². The van der Waals surface area contributed by atoms with Crippen molar-refractivity contribution in [2.24, 2.45) is 5.41 Å². The Morgan fingerprint density at radius 2 is 1.72 bits per heavy atom. The number of hydrogen-bond donors (Lipinski definition) is 1. The van der Waals surface area contributed by atoms with Crippen LogP contribution in [0.1, 0.15) is 19.4 Å². The summed E-state index contributed by atoms with van der Waals surface area (Å²) in [7, 11) is 0. The van der Waals surface area contributed by atoms with Gasteiger partial charge < -0.3 is 10.2 Å². The largest absolute Gasteiger partial charge is 0.325 e. The zero-order valence-electron chi connectivity index (χ0n) is 14.0. The predicted octanol–water partition coefficient (Wildman–Crippen LogP) is 4.55. The van der Waals surface area contributed by atoms with Crippen LogP contribution in [0.3, 0.4) is 0 Å². The van der Waals surface area contributed by atoms with Crippen LogP contribution in [0.25, 0.3) is 0 Å². The SMILES string of the molecule is CC(C)(C(=O)Nc1cc(Cl)cc(Cl)c1)C(=O)N1CCc2ccccc21. The minimum absolute atomic E-state index is 0.233. The summed E-state index contributed by atoms with van der Waals surface area (Å²) in [6.45, 7) is 3.83. The summed E-state index contributed by atoms with van der Waals surface area (Å²) >= 11 is 11.9. The molecule has 0 fully saturated rings. The molecule has 25 heavy (non-hydrogen) atoms. The van der Waals surface area contributed by atoms with Gasteiger partial charge in [0.25, 0.3) is 0 Å². The normalized spacial score (nSPS) is 13.5. The molecule has 0 aromatic heterocycles. The molecule has 0 radical (unpaired) electrons. The van der Waals surface area contributed by atoms with Gasteiger partial charge in [0.2, 0.25) is 11.8 Å². The van der Waals surface area contributed by atoms with Gasteiger partial charge in [0.15, 0.2) is 0 Å². The lowest BCUT2D eigenvalue weighted by Crippen LogP contribution is -2.47. The first-order valence-corrected chi connectivity index (χ1v) is 8.72. The number of halogens is 2. The molecule has 1 aliphatic rings. The summed E-state index contributed by atoms with van der Waals surface area (Å²) in [4.78, 5) is 27.4. The number of rotatable bonds is 3. The van der Waals surface area contributed by atoms with E-state index in [4.69, 9.17) is 23.2 Å². The second-order valence-corrected chi connectivity index (χ2v) is 7.45. The molecule has 0 atom stereocenters. The second kappa shape index (κ2) is 6.70. The average molecular weight is 377 g/mol. The molecule has 2 aromatic rings. The van der Waals surface area contributed by atoms with Gasteiger partial charge in [-0.25, -0.2) is 0 Å². The lowest BCUT2D eigenvalue weighted by Gasteiger charge is -2.28. The number of carbonyl (C=O) groups is 2. The quantitative estimate of drug-likeness (QED) is 0.798. The van der Waals surface area contributed by atoms with Crippen LogP contribution in [0.2, 0.25) is 10.0 Å². The van der Waals surface area contributed by atoms with Gasteiger partial charge in [0.05, 0.1) is 0 Å². The molecule has 0 bridgehead atoms. The first kappa shape index (κ1) is 17.8. The van der Waals surface area contributed by atoms with Crippen molar-refractivity contribution in [3.05, 3.63) is 58.1 Å². The molecule has 1 N–H and O–H groups in total. The van der Waals surface area contributed by atoms with E-state index in [-0.39, 0.29) is 5.91 Å². The number of nitrogens with one attached hydrogen (secondary N) is 1. The maximum Gasteiger partial charge on any atom is 0.242 e. The molecule has 0 spiro atoms. The third kappa shape index (κ3) is 3.51. The van der Waals surface area contributed by atoms with Gasteiger partial charge in [-0.15, -0.1) is 0 Å². The van der Waals surface area contributed by atoms with Gasteiger partial charge in [-0.2, -0.15) is 0 Å². The van der Waals surface area contributed by atoms with Gasteiger partial charge in [0, 0.05) is 28.0 Å². The number of para-hydroxylation sites is 1. The van der Waals surface area contributed by atoms with Crippen LogP contribution < -0.4 is 10.2 Å². The van der Waals surface area contributed by atoms with E-state index >= 15 is 0 Å². The van der Waals surface area contributed by atoms with Crippen LogP contribution in [-0.4, -0.2) is 18.4 Å². The van der Waals surface area contributed by atoms with E-state index in [0.717, 1.165) is 17.7 Å². The monoisotopic (exact) mass is 376 g/mol. The highest BCUT2D eigenvalue weighted by Gasteiger charge is 2.41. The Bertz CT molecular complexity index is 829. The number of benzene rings is 2. The standard InChI is InChI=1S/C19H18Cl2N2O2/c1-19(2,17(24)22-15-10-13(20)9-14(21)11-15)18(25)23-8-7-12-5-3-4-6-16(12)23/h3-6,9-11H,7-8H2,1-2H3,(H,22,24). The summed E-state index contributed by atoms with van der Waals surface area (Å²) in [6.07, 6.45) is 0.795. The van der Waals surface area contributed by atoms with Crippen LogP contribution in [0.5, 0.6) is 0 Å². The Balaban J connectivity index is 1.81. The van der Waals surface area contributed by atoms with E-state index < -0.39 is 11.3 Å². The van der Waals surface area contributed by atoms with Crippen molar-refractivity contribution < 1.29 is 9.59 Å². The van der Waals surface area contributed by atoms with E-state index in [1.54, 1.807) is 36.9 Å². The molecule has 1 aliphatic heterocycles. The Morgan fingerprint density at radius 1 is 1.08 bits per heavy atom. The molecule has 2 amide bonds. The van der Waals surface area contributed by atoms with Crippen LogP contribution in [0.15, 0.2) is 42.5 Å². The van der Waals surface area contributed by atoms with Gasteiger partial charge in [0.1, 0.15) is 5.41 Å². The summed E-state index contributed by atoms with van der Waals surface area (Å²) in [5.41, 5.74) is 1.23. The van der Waals surface area contributed by atoms with Crippen molar-refractivity contribution in [3.8, 4) is 0 Å². The zero-order valence-corrected chi connectivity index (χ0v) is 15.5. The average Bonchev–Trinajstić information content (AvgIpc) is 2.96. The highest BCUT2D eigenvalue weighted by atomic mass is 35.5.